The van der Waals surface area contributed by atoms with Crippen LogP contribution in [-0.2, 0) is 19.1 Å². The Bertz CT molecular complexity index is 792. The quantitative estimate of drug-likeness (QED) is 0.0787. The molecule has 0 aliphatic carbocycles. The molecule has 0 aromatic heterocycles. The lowest BCUT2D eigenvalue weighted by molar-refractivity contribution is -0.220. The monoisotopic (exact) mass is 648 g/mol. The molecular formula is C33H61ClN2O6S. The van der Waals surface area contributed by atoms with Crippen LogP contribution in [0.1, 0.15) is 124 Å². The predicted molar refractivity (Wildman–Crippen MR) is 176 cm³/mol. The van der Waals surface area contributed by atoms with Crippen LogP contribution in [0.3, 0.4) is 0 Å². The van der Waals surface area contributed by atoms with E-state index in [1.807, 2.05) is 7.05 Å². The number of unbranched alkanes of at least 4 members (excludes halogenated alkanes) is 11. The minimum absolute atomic E-state index is 0.148. The van der Waals surface area contributed by atoms with Gasteiger partial charge in [-0.3, -0.25) is 14.5 Å². The SMILES string of the molecule is CCCCCCCCCCCCCCC(=O)O[C@@H]1[C@H](O)[C@@H](O)[C@@H](SC)O[C@@H]1[C@H](NC(=O)[C@@H]1C[C@@H](CCC)CN1C)[C@H](C)Cl. The van der Waals surface area contributed by atoms with E-state index in [1.54, 1.807) is 13.2 Å². The fourth-order valence-corrected chi connectivity index (χ4v) is 7.44. The standard InChI is InChI=1S/C33H61ClN2O6S/c1-6-8-9-10-11-12-13-14-15-16-17-18-20-26(37)41-31-28(38)29(39)33(43-5)42-30(31)27(23(3)34)35-32(40)25-21-24(19-7-2)22-36(25)4/h23-25,27-31,33,38-39H,6-22H2,1-5H3,(H,35,40)/t23-,24+,25-,27+,28+,29+,30+,31+,33+/m0/s1. The van der Waals surface area contributed by atoms with Crippen molar-refractivity contribution in [3.05, 3.63) is 0 Å². The fourth-order valence-electron chi connectivity index (χ4n) is 6.55. The molecular weight excluding hydrogens is 588 g/mol. The number of likely N-dealkylation sites (tertiary alicyclic amines) is 1. The van der Waals surface area contributed by atoms with Crippen LogP contribution in [0, 0.1) is 5.92 Å². The highest BCUT2D eigenvalue weighted by Gasteiger charge is 2.51. The van der Waals surface area contributed by atoms with Gasteiger partial charge in [-0.05, 0) is 45.4 Å². The number of carbonyl (C=O) groups is 2. The van der Waals surface area contributed by atoms with Gasteiger partial charge in [0, 0.05) is 13.0 Å². The number of hydrogen-bond donors (Lipinski definition) is 3. The van der Waals surface area contributed by atoms with Gasteiger partial charge >= 0.3 is 5.97 Å². The zero-order chi connectivity index (χ0) is 31.8. The first kappa shape index (κ1) is 38.6. The number of esters is 1. The lowest BCUT2D eigenvalue weighted by atomic mass is 9.92. The lowest BCUT2D eigenvalue weighted by Gasteiger charge is -2.45. The number of carbonyl (C=O) groups excluding carboxylic acids is 2. The van der Waals surface area contributed by atoms with Crippen molar-refractivity contribution in [1.82, 2.24) is 10.2 Å². The van der Waals surface area contributed by atoms with Gasteiger partial charge in [0.2, 0.25) is 5.91 Å². The van der Waals surface area contributed by atoms with E-state index in [4.69, 9.17) is 21.1 Å². The second-order valence-corrected chi connectivity index (χ2v) is 14.5. The predicted octanol–water partition coefficient (Wildman–Crippen LogP) is 6.03. The maximum Gasteiger partial charge on any atom is 0.306 e. The molecule has 9 atom stereocenters. The largest absolute Gasteiger partial charge is 0.457 e. The number of ether oxygens (including phenoxy) is 2. The molecule has 43 heavy (non-hydrogen) atoms. The summed E-state index contributed by atoms with van der Waals surface area (Å²) in [5.41, 5.74) is -0.746. The number of halogens is 1. The van der Waals surface area contributed by atoms with E-state index in [2.05, 4.69) is 24.1 Å². The highest BCUT2D eigenvalue weighted by Crippen LogP contribution is 2.33. The summed E-state index contributed by atoms with van der Waals surface area (Å²) in [5.74, 6) is -0.120. The molecule has 2 aliphatic heterocycles. The molecule has 2 fully saturated rings. The highest BCUT2D eigenvalue weighted by molar-refractivity contribution is 7.99. The Hall–Kier alpha value is -0.580. The summed E-state index contributed by atoms with van der Waals surface area (Å²) < 4.78 is 12.0. The molecule has 0 unspecified atom stereocenters. The van der Waals surface area contributed by atoms with Gasteiger partial charge in [-0.25, -0.2) is 0 Å². The molecule has 1 amide bonds. The average Bonchev–Trinajstić information content (AvgIpc) is 3.35. The van der Waals surface area contributed by atoms with Gasteiger partial charge in [-0.1, -0.05) is 90.9 Å². The average molecular weight is 649 g/mol. The van der Waals surface area contributed by atoms with E-state index in [-0.39, 0.29) is 18.4 Å². The Morgan fingerprint density at radius 1 is 0.977 bits per heavy atom. The zero-order valence-electron chi connectivity index (χ0n) is 27.5. The molecule has 3 N–H and O–H groups in total. The van der Waals surface area contributed by atoms with Gasteiger partial charge in [-0.15, -0.1) is 23.4 Å². The molecule has 0 aromatic rings. The number of amides is 1. The summed E-state index contributed by atoms with van der Waals surface area (Å²) in [4.78, 5) is 28.4. The van der Waals surface area contributed by atoms with Crippen molar-refractivity contribution in [2.45, 2.75) is 171 Å². The van der Waals surface area contributed by atoms with Gasteiger partial charge in [0.15, 0.2) is 6.10 Å². The molecule has 2 heterocycles. The molecule has 2 saturated heterocycles. The second-order valence-electron chi connectivity index (χ2n) is 12.8. The third-order valence-corrected chi connectivity index (χ3v) is 10.2. The molecule has 0 aromatic carbocycles. The molecule has 2 aliphatic rings. The molecule has 0 spiro atoms. The number of hydrogen-bond acceptors (Lipinski definition) is 8. The normalized spacial score (nSPS) is 29.3. The van der Waals surface area contributed by atoms with Crippen molar-refractivity contribution in [2.24, 2.45) is 5.92 Å². The molecule has 10 heteroatoms. The van der Waals surface area contributed by atoms with Crippen LogP contribution in [0.25, 0.3) is 0 Å². The third-order valence-electron chi connectivity index (χ3n) is 9.11. The van der Waals surface area contributed by atoms with E-state index >= 15 is 0 Å². The topological polar surface area (TPSA) is 108 Å². The van der Waals surface area contributed by atoms with Crippen LogP contribution < -0.4 is 5.32 Å². The summed E-state index contributed by atoms with van der Waals surface area (Å²) in [6, 6.07) is -1.01. The third kappa shape index (κ3) is 13.0. The number of thioether (sulfide) groups is 1. The van der Waals surface area contributed by atoms with Crippen LogP contribution in [-0.4, -0.2) is 94.2 Å². The lowest BCUT2D eigenvalue weighted by Crippen LogP contribution is -2.66. The molecule has 0 bridgehead atoms. The fraction of sp³-hybridized carbons (Fsp3) is 0.939. The van der Waals surface area contributed by atoms with Crippen molar-refractivity contribution >= 4 is 35.2 Å². The molecule has 252 valence electrons. The van der Waals surface area contributed by atoms with Crippen molar-refractivity contribution in [1.29, 1.82) is 0 Å². The first-order valence-corrected chi connectivity index (χ1v) is 18.7. The van der Waals surface area contributed by atoms with E-state index in [9.17, 15) is 19.8 Å². The van der Waals surface area contributed by atoms with Gasteiger partial charge in [0.05, 0.1) is 17.5 Å². The Balaban J connectivity index is 1.90. The Morgan fingerprint density at radius 2 is 1.56 bits per heavy atom. The minimum atomic E-state index is -1.36. The number of alkyl halides is 1. The summed E-state index contributed by atoms with van der Waals surface area (Å²) in [6.45, 7) is 7.02. The first-order chi connectivity index (χ1) is 20.6. The second kappa shape index (κ2) is 21.3. The molecule has 8 nitrogen and oxygen atoms in total. The smallest absolute Gasteiger partial charge is 0.306 e. The minimum Gasteiger partial charge on any atom is -0.457 e. The number of rotatable bonds is 21. The molecule has 0 saturated carbocycles. The molecule has 2 rings (SSSR count). The van der Waals surface area contributed by atoms with Gasteiger partial charge in [-0.2, -0.15) is 0 Å². The van der Waals surface area contributed by atoms with Crippen molar-refractivity contribution in [2.75, 3.05) is 19.8 Å². The number of nitrogens with zero attached hydrogens (tertiary/aromatic N) is 1. The number of likely N-dealkylation sites (N-methyl/N-ethyl adjacent to an activating group) is 1. The van der Waals surface area contributed by atoms with E-state index in [1.165, 1.54) is 69.5 Å². The van der Waals surface area contributed by atoms with E-state index in [0.717, 1.165) is 38.6 Å². The Labute approximate surface area is 270 Å². The van der Waals surface area contributed by atoms with Crippen LogP contribution in [0.4, 0.5) is 0 Å². The van der Waals surface area contributed by atoms with Crippen LogP contribution in [0.15, 0.2) is 0 Å². The van der Waals surface area contributed by atoms with Crippen LogP contribution in [0.5, 0.6) is 0 Å². The van der Waals surface area contributed by atoms with Gasteiger partial charge in [0.1, 0.15) is 23.7 Å². The molecule has 0 radical (unpaired) electrons. The maximum atomic E-state index is 13.4. The Morgan fingerprint density at radius 3 is 2.09 bits per heavy atom. The van der Waals surface area contributed by atoms with Crippen molar-refractivity contribution in [3.8, 4) is 0 Å². The van der Waals surface area contributed by atoms with Crippen molar-refractivity contribution in [3.63, 3.8) is 0 Å². The van der Waals surface area contributed by atoms with Crippen LogP contribution in [0.2, 0.25) is 0 Å². The highest BCUT2D eigenvalue weighted by atomic mass is 35.5. The summed E-state index contributed by atoms with van der Waals surface area (Å²) in [7, 11) is 1.96. The van der Waals surface area contributed by atoms with Crippen molar-refractivity contribution < 1.29 is 29.3 Å². The number of aliphatic hydroxyl groups is 2. The zero-order valence-corrected chi connectivity index (χ0v) is 29.1. The van der Waals surface area contributed by atoms with E-state index in [0.29, 0.717) is 12.3 Å². The number of aliphatic hydroxyl groups excluding tert-OH is 2. The summed E-state index contributed by atoms with van der Waals surface area (Å²) in [5, 5.41) is 24.3. The summed E-state index contributed by atoms with van der Waals surface area (Å²) in [6.07, 6.45) is 14.7. The maximum absolute atomic E-state index is 13.4. The number of nitrogens with one attached hydrogen (secondary N) is 1. The van der Waals surface area contributed by atoms with Crippen LogP contribution >= 0.6 is 23.4 Å². The van der Waals surface area contributed by atoms with Gasteiger partial charge < -0.3 is 25.0 Å². The Kier molecular flexibility index (Phi) is 19.1. The van der Waals surface area contributed by atoms with Gasteiger partial charge in [0.25, 0.3) is 0 Å². The first-order valence-electron chi connectivity index (χ1n) is 17.0. The van der Waals surface area contributed by atoms with E-state index < -0.39 is 47.2 Å². The summed E-state index contributed by atoms with van der Waals surface area (Å²) >= 11 is 7.87.